The van der Waals surface area contributed by atoms with Gasteiger partial charge in [0.05, 0.1) is 10.6 Å². The second kappa shape index (κ2) is 7.74. The summed E-state index contributed by atoms with van der Waals surface area (Å²) in [6.07, 6.45) is 0.935. The summed E-state index contributed by atoms with van der Waals surface area (Å²) in [4.78, 5) is 12.6. The molecule has 1 unspecified atom stereocenters. The Kier molecular flexibility index (Phi) is 6.15. The predicted octanol–water partition coefficient (Wildman–Crippen LogP) is 2.37. The van der Waals surface area contributed by atoms with Gasteiger partial charge in [0.25, 0.3) is 5.91 Å². The van der Waals surface area contributed by atoms with Crippen LogP contribution in [0.3, 0.4) is 0 Å². The van der Waals surface area contributed by atoms with Crippen molar-refractivity contribution in [1.29, 1.82) is 0 Å². The fourth-order valence-corrected chi connectivity index (χ4v) is 4.68. The molecule has 1 aromatic carbocycles. The highest BCUT2D eigenvalue weighted by Gasteiger charge is 2.16. The highest BCUT2D eigenvalue weighted by atomic mass is 79.9. The molecule has 24 heavy (non-hydrogen) atoms. The lowest BCUT2D eigenvalue weighted by atomic mass is 10.2. The number of benzene rings is 1. The molecule has 0 radical (unpaired) electrons. The van der Waals surface area contributed by atoms with Crippen molar-refractivity contribution in [3.05, 3.63) is 45.1 Å². The number of hydrogen-bond donors (Lipinski definition) is 1. The Labute approximate surface area is 154 Å². The van der Waals surface area contributed by atoms with Gasteiger partial charge >= 0.3 is 0 Å². The Hall–Kier alpha value is -1.27. The number of halogens is 1. The number of sulfone groups is 1. The molecule has 1 N–H and O–H groups in total. The van der Waals surface area contributed by atoms with Crippen molar-refractivity contribution >= 4 is 65.7 Å². The SMILES string of the molecule is CS(=O)(=O)CN(c1cc(Br)cc(NC(=O)c2cccs2)c1)S(=O)[O-]. The second-order valence-electron chi connectivity index (χ2n) is 4.78. The van der Waals surface area contributed by atoms with E-state index in [2.05, 4.69) is 21.2 Å². The summed E-state index contributed by atoms with van der Waals surface area (Å²) in [6, 6.07) is 7.81. The average Bonchev–Trinajstić information content (AvgIpc) is 2.97. The first-order chi connectivity index (χ1) is 11.2. The maximum atomic E-state index is 12.1. The number of anilines is 2. The summed E-state index contributed by atoms with van der Waals surface area (Å²) in [6.45, 7) is 0. The van der Waals surface area contributed by atoms with E-state index < -0.39 is 27.0 Å². The van der Waals surface area contributed by atoms with Crippen LogP contribution in [-0.2, 0) is 21.1 Å². The van der Waals surface area contributed by atoms with E-state index in [-0.39, 0.29) is 11.6 Å². The minimum absolute atomic E-state index is 0.115. The third kappa shape index (κ3) is 5.38. The van der Waals surface area contributed by atoms with Crippen LogP contribution in [0, 0.1) is 0 Å². The molecule has 1 aromatic heterocycles. The maximum absolute atomic E-state index is 12.1. The molecule has 11 heteroatoms. The minimum Gasteiger partial charge on any atom is -0.755 e. The van der Waals surface area contributed by atoms with Crippen LogP contribution in [0.1, 0.15) is 9.67 Å². The molecule has 1 amide bonds. The van der Waals surface area contributed by atoms with Crippen molar-refractivity contribution in [2.75, 3.05) is 21.8 Å². The smallest absolute Gasteiger partial charge is 0.265 e. The van der Waals surface area contributed by atoms with Gasteiger partial charge in [-0.25, -0.2) is 8.42 Å². The normalized spacial score (nSPS) is 12.6. The summed E-state index contributed by atoms with van der Waals surface area (Å²) in [5, 5.41) is 4.41. The maximum Gasteiger partial charge on any atom is 0.265 e. The summed E-state index contributed by atoms with van der Waals surface area (Å²) in [5.41, 5.74) is 0.450. The number of carbonyl (C=O) groups excluding carboxylic acids is 1. The minimum atomic E-state index is -3.57. The van der Waals surface area contributed by atoms with Gasteiger partial charge in [-0.05, 0) is 29.6 Å². The van der Waals surface area contributed by atoms with Crippen molar-refractivity contribution in [2.24, 2.45) is 0 Å². The van der Waals surface area contributed by atoms with E-state index in [1.54, 1.807) is 23.6 Å². The monoisotopic (exact) mass is 451 g/mol. The Morgan fingerprint density at radius 3 is 2.67 bits per heavy atom. The topological polar surface area (TPSA) is 107 Å². The molecule has 0 saturated heterocycles. The van der Waals surface area contributed by atoms with Gasteiger partial charge < -0.3 is 9.87 Å². The van der Waals surface area contributed by atoms with Gasteiger partial charge in [0.15, 0.2) is 9.84 Å². The summed E-state index contributed by atoms with van der Waals surface area (Å²) >= 11 is 1.70. The third-order valence-electron chi connectivity index (χ3n) is 2.71. The first-order valence-corrected chi connectivity index (χ1v) is 11.1. The highest BCUT2D eigenvalue weighted by molar-refractivity contribution is 9.10. The summed E-state index contributed by atoms with van der Waals surface area (Å²) in [7, 11) is -3.57. The number of hydrogen-bond acceptors (Lipinski definition) is 6. The largest absolute Gasteiger partial charge is 0.755 e. The molecular formula is C13H12BrN2O5S3-. The van der Waals surface area contributed by atoms with Crippen LogP contribution in [0.2, 0.25) is 0 Å². The molecule has 1 atom stereocenters. The average molecular weight is 452 g/mol. The van der Waals surface area contributed by atoms with Crippen molar-refractivity contribution in [3.63, 3.8) is 0 Å². The zero-order valence-corrected chi connectivity index (χ0v) is 16.3. The Bertz CT molecular complexity index is 868. The number of nitrogens with zero attached hydrogens (tertiary/aromatic N) is 1. The molecule has 0 bridgehead atoms. The Morgan fingerprint density at radius 2 is 2.12 bits per heavy atom. The highest BCUT2D eigenvalue weighted by Crippen LogP contribution is 2.27. The quantitative estimate of drug-likeness (QED) is 0.678. The van der Waals surface area contributed by atoms with Crippen LogP contribution in [0.25, 0.3) is 0 Å². The lowest BCUT2D eigenvalue weighted by Crippen LogP contribution is -2.31. The van der Waals surface area contributed by atoms with E-state index in [9.17, 15) is 22.0 Å². The van der Waals surface area contributed by atoms with Gasteiger partial charge in [0, 0.05) is 27.7 Å². The van der Waals surface area contributed by atoms with E-state index in [1.807, 2.05) is 0 Å². The second-order valence-corrected chi connectivity index (χ2v) is 9.63. The van der Waals surface area contributed by atoms with Crippen molar-refractivity contribution < 1.29 is 22.0 Å². The van der Waals surface area contributed by atoms with Gasteiger partial charge in [-0.3, -0.25) is 13.3 Å². The van der Waals surface area contributed by atoms with E-state index in [0.717, 1.165) is 6.26 Å². The van der Waals surface area contributed by atoms with Crippen LogP contribution in [0.15, 0.2) is 40.2 Å². The van der Waals surface area contributed by atoms with E-state index in [0.29, 0.717) is 19.3 Å². The zero-order valence-electron chi connectivity index (χ0n) is 12.3. The fourth-order valence-electron chi connectivity index (χ4n) is 1.81. The third-order valence-corrected chi connectivity index (χ3v) is 5.62. The fraction of sp³-hybridized carbons (Fsp3) is 0.154. The van der Waals surface area contributed by atoms with Crippen LogP contribution in [0.5, 0.6) is 0 Å². The van der Waals surface area contributed by atoms with Crippen molar-refractivity contribution in [3.8, 4) is 0 Å². The standard InChI is InChI=1S/C13H13BrN2O5S3/c1-24(20,21)8-16(23(18)19)11-6-9(14)5-10(7-11)15-13(17)12-3-2-4-22-12/h2-7H,8H2,1H3,(H,15,17)(H,18,19)/p-1. The van der Waals surface area contributed by atoms with E-state index >= 15 is 0 Å². The molecule has 130 valence electrons. The molecule has 0 aliphatic heterocycles. The molecular weight excluding hydrogens is 440 g/mol. The first-order valence-electron chi connectivity index (χ1n) is 6.36. The lowest BCUT2D eigenvalue weighted by molar-refractivity contribution is 0.103. The molecule has 0 fully saturated rings. The van der Waals surface area contributed by atoms with Crippen molar-refractivity contribution in [1.82, 2.24) is 0 Å². The van der Waals surface area contributed by atoms with Crippen LogP contribution >= 0.6 is 27.3 Å². The number of amides is 1. The van der Waals surface area contributed by atoms with Crippen LogP contribution in [-0.4, -0.2) is 35.2 Å². The number of carbonyl (C=O) groups is 1. The van der Waals surface area contributed by atoms with Gasteiger partial charge in [-0.2, -0.15) is 0 Å². The zero-order chi connectivity index (χ0) is 17.9. The number of thiophene rings is 1. The summed E-state index contributed by atoms with van der Waals surface area (Å²) < 4.78 is 46.8. The molecule has 2 aromatic rings. The molecule has 2 rings (SSSR count). The molecule has 0 spiro atoms. The van der Waals surface area contributed by atoms with Gasteiger partial charge in [-0.15, -0.1) is 11.3 Å². The number of rotatable bonds is 6. The van der Waals surface area contributed by atoms with Crippen molar-refractivity contribution in [2.45, 2.75) is 0 Å². The molecule has 7 nitrogen and oxygen atoms in total. The van der Waals surface area contributed by atoms with E-state index in [4.69, 9.17) is 0 Å². The van der Waals surface area contributed by atoms with Crippen LogP contribution < -0.4 is 9.62 Å². The van der Waals surface area contributed by atoms with Gasteiger partial charge in [0.2, 0.25) is 0 Å². The first kappa shape index (κ1) is 19.1. The Morgan fingerprint density at radius 1 is 1.42 bits per heavy atom. The predicted molar refractivity (Wildman–Crippen MR) is 97.5 cm³/mol. The lowest BCUT2D eigenvalue weighted by Gasteiger charge is -2.26. The Balaban J connectivity index is 2.33. The number of nitrogens with one attached hydrogen (secondary N) is 1. The van der Waals surface area contributed by atoms with Gasteiger partial charge in [-0.1, -0.05) is 22.0 Å². The molecule has 0 aliphatic rings. The summed E-state index contributed by atoms with van der Waals surface area (Å²) in [5.74, 6) is -1.04. The molecule has 0 saturated carbocycles. The molecule has 1 heterocycles. The van der Waals surface area contributed by atoms with Gasteiger partial charge in [0.1, 0.15) is 5.88 Å². The van der Waals surface area contributed by atoms with E-state index in [1.165, 1.54) is 23.5 Å². The molecule has 0 aliphatic carbocycles. The van der Waals surface area contributed by atoms with Crippen LogP contribution in [0.4, 0.5) is 11.4 Å².